The van der Waals surface area contributed by atoms with E-state index in [0.29, 0.717) is 17.0 Å². The third kappa shape index (κ3) is 2.46. The standard InChI is InChI=1S/C16H18N2O2/c1-10-5-6-11(9-10)17-15-8-7-12-13(16(19)20)3-2-4-14(12)18-15/h2-4,7-8,10-11H,5-6,9H2,1H3,(H,17,18)(H,19,20). The van der Waals surface area contributed by atoms with Gasteiger partial charge in [0.1, 0.15) is 5.82 Å². The maximum Gasteiger partial charge on any atom is 0.336 e. The monoisotopic (exact) mass is 270 g/mol. The van der Waals surface area contributed by atoms with E-state index < -0.39 is 5.97 Å². The second kappa shape index (κ2) is 5.12. The van der Waals surface area contributed by atoms with E-state index in [9.17, 15) is 4.79 Å². The molecule has 20 heavy (non-hydrogen) atoms. The van der Waals surface area contributed by atoms with Crippen molar-refractivity contribution < 1.29 is 9.90 Å². The van der Waals surface area contributed by atoms with Crippen molar-refractivity contribution in [3.05, 3.63) is 35.9 Å². The molecule has 4 heteroatoms. The molecule has 2 unspecified atom stereocenters. The predicted octanol–water partition coefficient (Wildman–Crippen LogP) is 3.53. The zero-order valence-electron chi connectivity index (χ0n) is 11.5. The lowest BCUT2D eigenvalue weighted by atomic mass is 10.1. The molecule has 0 amide bonds. The van der Waals surface area contributed by atoms with Crippen molar-refractivity contribution in [1.82, 2.24) is 4.98 Å². The van der Waals surface area contributed by atoms with Crippen LogP contribution in [-0.2, 0) is 0 Å². The molecule has 1 aliphatic rings. The highest BCUT2D eigenvalue weighted by atomic mass is 16.4. The molecule has 0 saturated heterocycles. The number of pyridine rings is 1. The number of hydrogen-bond acceptors (Lipinski definition) is 3. The Morgan fingerprint density at radius 3 is 2.85 bits per heavy atom. The summed E-state index contributed by atoms with van der Waals surface area (Å²) in [5, 5.41) is 13.3. The topological polar surface area (TPSA) is 62.2 Å². The molecule has 2 aromatic rings. The zero-order chi connectivity index (χ0) is 14.1. The van der Waals surface area contributed by atoms with Gasteiger partial charge >= 0.3 is 5.97 Å². The molecular formula is C16H18N2O2. The second-order valence-electron chi connectivity index (χ2n) is 5.63. The number of carbonyl (C=O) groups is 1. The van der Waals surface area contributed by atoms with Gasteiger partial charge in [-0.1, -0.05) is 13.0 Å². The minimum Gasteiger partial charge on any atom is -0.478 e. The van der Waals surface area contributed by atoms with E-state index in [1.54, 1.807) is 12.1 Å². The molecular weight excluding hydrogens is 252 g/mol. The second-order valence-corrected chi connectivity index (χ2v) is 5.63. The Morgan fingerprint density at radius 2 is 2.15 bits per heavy atom. The van der Waals surface area contributed by atoms with Crippen molar-refractivity contribution in [2.24, 2.45) is 5.92 Å². The molecule has 4 nitrogen and oxygen atoms in total. The lowest BCUT2D eigenvalue weighted by Gasteiger charge is -2.13. The highest BCUT2D eigenvalue weighted by Crippen LogP contribution is 2.28. The van der Waals surface area contributed by atoms with Gasteiger partial charge in [-0.2, -0.15) is 0 Å². The van der Waals surface area contributed by atoms with Gasteiger partial charge in [-0.3, -0.25) is 0 Å². The molecule has 0 bridgehead atoms. The van der Waals surface area contributed by atoms with Crippen molar-refractivity contribution in [2.75, 3.05) is 5.32 Å². The van der Waals surface area contributed by atoms with Crippen molar-refractivity contribution >= 4 is 22.7 Å². The molecule has 1 aromatic heterocycles. The Morgan fingerprint density at radius 1 is 1.30 bits per heavy atom. The SMILES string of the molecule is CC1CCC(Nc2ccc3c(C(=O)O)cccc3n2)C1. The van der Waals surface area contributed by atoms with Crippen LogP contribution in [0.5, 0.6) is 0 Å². The summed E-state index contributed by atoms with van der Waals surface area (Å²) in [6.45, 7) is 2.27. The number of aromatic nitrogens is 1. The number of rotatable bonds is 3. The van der Waals surface area contributed by atoms with Crippen molar-refractivity contribution in [1.29, 1.82) is 0 Å². The number of fused-ring (bicyclic) bond motifs is 1. The summed E-state index contributed by atoms with van der Waals surface area (Å²) in [5.74, 6) is 0.688. The highest BCUT2D eigenvalue weighted by molar-refractivity contribution is 6.02. The summed E-state index contributed by atoms with van der Waals surface area (Å²) in [4.78, 5) is 15.7. The molecule has 0 aliphatic heterocycles. The first-order valence-corrected chi connectivity index (χ1v) is 7.03. The molecule has 0 radical (unpaired) electrons. The number of aromatic carboxylic acids is 1. The van der Waals surface area contributed by atoms with E-state index in [-0.39, 0.29) is 0 Å². The Balaban J connectivity index is 1.89. The summed E-state index contributed by atoms with van der Waals surface area (Å²) in [5.41, 5.74) is 1.02. The van der Waals surface area contributed by atoms with Gasteiger partial charge in [-0.25, -0.2) is 9.78 Å². The Bertz CT molecular complexity index is 654. The fraction of sp³-hybridized carbons (Fsp3) is 0.375. The van der Waals surface area contributed by atoms with Crippen molar-refractivity contribution in [3.63, 3.8) is 0 Å². The van der Waals surface area contributed by atoms with Crippen LogP contribution in [0.2, 0.25) is 0 Å². The third-order valence-electron chi connectivity index (χ3n) is 4.01. The van der Waals surface area contributed by atoms with Gasteiger partial charge < -0.3 is 10.4 Å². The third-order valence-corrected chi connectivity index (χ3v) is 4.01. The van der Waals surface area contributed by atoms with Crippen LogP contribution in [0.1, 0.15) is 36.5 Å². The number of benzene rings is 1. The molecule has 1 aromatic carbocycles. The highest BCUT2D eigenvalue weighted by Gasteiger charge is 2.21. The van der Waals surface area contributed by atoms with Gasteiger partial charge in [-0.05, 0) is 49.4 Å². The average molecular weight is 270 g/mol. The van der Waals surface area contributed by atoms with Crippen LogP contribution in [0.25, 0.3) is 10.9 Å². The number of nitrogens with one attached hydrogen (secondary N) is 1. The average Bonchev–Trinajstić information content (AvgIpc) is 2.83. The van der Waals surface area contributed by atoms with Crippen LogP contribution >= 0.6 is 0 Å². The van der Waals surface area contributed by atoms with Gasteiger partial charge in [0.15, 0.2) is 0 Å². The van der Waals surface area contributed by atoms with E-state index in [2.05, 4.69) is 17.2 Å². The van der Waals surface area contributed by atoms with E-state index in [1.165, 1.54) is 19.3 Å². The molecule has 2 atom stereocenters. The summed E-state index contributed by atoms with van der Waals surface area (Å²) in [6, 6.07) is 9.39. The van der Waals surface area contributed by atoms with Crippen LogP contribution in [0.4, 0.5) is 5.82 Å². The van der Waals surface area contributed by atoms with E-state index in [4.69, 9.17) is 5.11 Å². The van der Waals surface area contributed by atoms with Crippen molar-refractivity contribution in [3.8, 4) is 0 Å². The van der Waals surface area contributed by atoms with E-state index in [0.717, 1.165) is 17.3 Å². The van der Waals surface area contributed by atoms with E-state index >= 15 is 0 Å². The minimum absolute atomic E-state index is 0.302. The summed E-state index contributed by atoms with van der Waals surface area (Å²) >= 11 is 0. The van der Waals surface area contributed by atoms with Crippen LogP contribution in [0.3, 0.4) is 0 Å². The predicted molar refractivity (Wildman–Crippen MR) is 79.1 cm³/mol. The largest absolute Gasteiger partial charge is 0.478 e. The van der Waals surface area contributed by atoms with Crippen LogP contribution in [-0.4, -0.2) is 22.1 Å². The maximum absolute atomic E-state index is 11.2. The normalized spacial score (nSPS) is 22.1. The lowest BCUT2D eigenvalue weighted by molar-refractivity contribution is 0.0699. The number of anilines is 1. The first kappa shape index (κ1) is 12.9. The minimum atomic E-state index is -0.914. The Kier molecular flexibility index (Phi) is 3.30. The number of hydrogen-bond donors (Lipinski definition) is 2. The molecule has 3 rings (SSSR count). The Hall–Kier alpha value is -2.10. The summed E-state index contributed by atoms with van der Waals surface area (Å²) in [7, 11) is 0. The summed E-state index contributed by atoms with van der Waals surface area (Å²) < 4.78 is 0. The molecule has 1 heterocycles. The molecule has 104 valence electrons. The van der Waals surface area contributed by atoms with Crippen molar-refractivity contribution in [2.45, 2.75) is 32.2 Å². The quantitative estimate of drug-likeness (QED) is 0.895. The van der Waals surface area contributed by atoms with Gasteiger partial charge in [0.2, 0.25) is 0 Å². The molecule has 1 saturated carbocycles. The maximum atomic E-state index is 11.2. The van der Waals surface area contributed by atoms with Gasteiger partial charge in [0, 0.05) is 11.4 Å². The van der Waals surface area contributed by atoms with E-state index in [1.807, 2.05) is 18.2 Å². The first-order chi connectivity index (χ1) is 9.63. The van der Waals surface area contributed by atoms with Crippen LogP contribution < -0.4 is 5.32 Å². The molecule has 1 fully saturated rings. The Labute approximate surface area is 117 Å². The fourth-order valence-corrected chi connectivity index (χ4v) is 2.97. The number of nitrogens with zero attached hydrogens (tertiary/aromatic N) is 1. The van der Waals surface area contributed by atoms with Crippen LogP contribution in [0.15, 0.2) is 30.3 Å². The van der Waals surface area contributed by atoms with Gasteiger partial charge in [0.25, 0.3) is 0 Å². The fourth-order valence-electron chi connectivity index (χ4n) is 2.97. The molecule has 1 aliphatic carbocycles. The van der Waals surface area contributed by atoms with Crippen LogP contribution in [0, 0.1) is 5.92 Å². The van der Waals surface area contributed by atoms with Gasteiger partial charge in [-0.15, -0.1) is 0 Å². The zero-order valence-corrected chi connectivity index (χ0v) is 11.5. The number of carboxylic acids is 1. The van der Waals surface area contributed by atoms with Gasteiger partial charge in [0.05, 0.1) is 11.1 Å². The summed E-state index contributed by atoms with van der Waals surface area (Å²) in [6.07, 6.45) is 3.61. The molecule has 0 spiro atoms. The smallest absolute Gasteiger partial charge is 0.336 e. The molecule has 2 N–H and O–H groups in total. The first-order valence-electron chi connectivity index (χ1n) is 7.03. The lowest BCUT2D eigenvalue weighted by Crippen LogP contribution is -2.16. The number of carboxylic acid groups (broad SMARTS) is 1.